The first kappa shape index (κ1) is 24.1. The molecular formula is C16H29IN4O3S. The summed E-state index contributed by atoms with van der Waals surface area (Å²) in [5.74, 6) is 0.589. The molecule has 1 aromatic rings. The SMILES string of the molecule is CCNC(=NCC(C)(O)c1ccccc1)NCCNS(=O)(=O)CC.I. The Morgan fingerprint density at radius 2 is 1.80 bits per heavy atom. The summed E-state index contributed by atoms with van der Waals surface area (Å²) in [7, 11) is -3.19. The largest absolute Gasteiger partial charge is 0.384 e. The van der Waals surface area contributed by atoms with Crippen LogP contribution in [0.25, 0.3) is 0 Å². The number of halogens is 1. The van der Waals surface area contributed by atoms with E-state index in [-0.39, 0.29) is 42.8 Å². The van der Waals surface area contributed by atoms with Gasteiger partial charge >= 0.3 is 0 Å². The molecule has 7 nitrogen and oxygen atoms in total. The van der Waals surface area contributed by atoms with Crippen molar-refractivity contribution in [2.45, 2.75) is 26.4 Å². The predicted molar refractivity (Wildman–Crippen MR) is 113 cm³/mol. The van der Waals surface area contributed by atoms with E-state index in [2.05, 4.69) is 20.3 Å². The Bertz CT molecular complexity index is 622. The maximum atomic E-state index is 11.4. The number of sulfonamides is 1. The Morgan fingerprint density at radius 1 is 1.16 bits per heavy atom. The number of aliphatic imine (C=N–C) groups is 1. The quantitative estimate of drug-likeness (QED) is 0.181. The van der Waals surface area contributed by atoms with Crippen LogP contribution in [0, 0.1) is 0 Å². The second kappa shape index (κ2) is 11.7. The molecule has 0 aliphatic heterocycles. The number of hydrogen-bond donors (Lipinski definition) is 4. The molecule has 144 valence electrons. The standard InChI is InChI=1S/C16H28N4O3S.HI/c1-4-17-15(18-11-12-20-24(22,23)5-2)19-13-16(3,21)14-9-7-6-8-10-14;/h6-10,20-21H,4-5,11-13H2,1-3H3,(H2,17,18,19);1H. The average Bonchev–Trinajstić information content (AvgIpc) is 2.57. The molecule has 0 saturated heterocycles. The third-order valence-corrected chi connectivity index (χ3v) is 4.81. The lowest BCUT2D eigenvalue weighted by atomic mass is 9.96. The molecule has 25 heavy (non-hydrogen) atoms. The minimum atomic E-state index is -3.19. The molecule has 0 bridgehead atoms. The molecular weight excluding hydrogens is 455 g/mol. The average molecular weight is 484 g/mol. The zero-order valence-corrected chi connectivity index (χ0v) is 18.1. The molecule has 0 fully saturated rings. The van der Waals surface area contributed by atoms with Crippen LogP contribution in [-0.4, -0.2) is 51.4 Å². The van der Waals surface area contributed by atoms with Crippen LogP contribution in [0.1, 0.15) is 26.3 Å². The summed E-state index contributed by atoms with van der Waals surface area (Å²) < 4.78 is 25.2. The van der Waals surface area contributed by atoms with Gasteiger partial charge in [-0.2, -0.15) is 0 Å². The number of nitrogens with one attached hydrogen (secondary N) is 3. The molecule has 0 spiro atoms. The molecule has 1 rings (SSSR count). The summed E-state index contributed by atoms with van der Waals surface area (Å²) in [6.07, 6.45) is 0. The van der Waals surface area contributed by atoms with Gasteiger partial charge in [-0.25, -0.2) is 18.1 Å². The van der Waals surface area contributed by atoms with Crippen molar-refractivity contribution in [3.8, 4) is 0 Å². The molecule has 0 saturated carbocycles. The first-order valence-electron chi connectivity index (χ1n) is 8.08. The molecule has 4 N–H and O–H groups in total. The fraction of sp³-hybridized carbons (Fsp3) is 0.562. The molecule has 0 radical (unpaired) electrons. The summed E-state index contributed by atoms with van der Waals surface area (Å²) in [5.41, 5.74) is -0.284. The molecule has 1 atom stereocenters. The Balaban J connectivity index is 0.00000576. The van der Waals surface area contributed by atoms with E-state index in [1.807, 2.05) is 37.3 Å². The highest BCUT2D eigenvalue weighted by atomic mass is 127. The topological polar surface area (TPSA) is 103 Å². The second-order valence-corrected chi connectivity index (χ2v) is 7.66. The van der Waals surface area contributed by atoms with Crippen LogP contribution in [0.5, 0.6) is 0 Å². The number of guanidine groups is 1. The zero-order valence-electron chi connectivity index (χ0n) is 14.9. The van der Waals surface area contributed by atoms with E-state index in [9.17, 15) is 13.5 Å². The van der Waals surface area contributed by atoms with Crippen molar-refractivity contribution in [3.63, 3.8) is 0 Å². The van der Waals surface area contributed by atoms with E-state index in [1.54, 1.807) is 13.8 Å². The minimum absolute atomic E-state index is 0. The normalized spacial score (nSPS) is 14.3. The van der Waals surface area contributed by atoms with Crippen LogP contribution in [0.4, 0.5) is 0 Å². The second-order valence-electron chi connectivity index (χ2n) is 5.56. The number of aliphatic hydroxyl groups is 1. The summed E-state index contributed by atoms with van der Waals surface area (Å²) >= 11 is 0. The van der Waals surface area contributed by atoms with Crippen LogP contribution in [-0.2, 0) is 15.6 Å². The van der Waals surface area contributed by atoms with Gasteiger partial charge in [0.05, 0.1) is 12.3 Å². The van der Waals surface area contributed by atoms with Gasteiger partial charge in [-0.15, -0.1) is 24.0 Å². The van der Waals surface area contributed by atoms with Gasteiger partial charge in [0, 0.05) is 19.6 Å². The molecule has 1 aromatic carbocycles. The van der Waals surface area contributed by atoms with Gasteiger partial charge in [0.1, 0.15) is 5.60 Å². The Labute approximate surface area is 167 Å². The van der Waals surface area contributed by atoms with Crippen molar-refractivity contribution >= 4 is 40.0 Å². The third-order valence-electron chi connectivity index (χ3n) is 3.40. The van der Waals surface area contributed by atoms with Gasteiger partial charge in [0.15, 0.2) is 5.96 Å². The van der Waals surface area contributed by atoms with Crippen molar-refractivity contribution in [3.05, 3.63) is 35.9 Å². The Hall–Kier alpha value is -0.910. The van der Waals surface area contributed by atoms with Crippen LogP contribution < -0.4 is 15.4 Å². The fourth-order valence-electron chi connectivity index (χ4n) is 1.95. The van der Waals surface area contributed by atoms with Crippen LogP contribution in [0.3, 0.4) is 0 Å². The lowest BCUT2D eigenvalue weighted by Gasteiger charge is -2.22. The van der Waals surface area contributed by atoms with Gasteiger partial charge in [0.25, 0.3) is 0 Å². The van der Waals surface area contributed by atoms with E-state index < -0.39 is 15.6 Å². The maximum Gasteiger partial charge on any atom is 0.211 e. The molecule has 1 unspecified atom stereocenters. The van der Waals surface area contributed by atoms with E-state index in [1.165, 1.54) is 0 Å². The van der Waals surface area contributed by atoms with Crippen LogP contribution >= 0.6 is 24.0 Å². The summed E-state index contributed by atoms with van der Waals surface area (Å²) in [6.45, 7) is 6.77. The first-order chi connectivity index (χ1) is 11.3. The summed E-state index contributed by atoms with van der Waals surface area (Å²) in [5, 5.41) is 16.7. The van der Waals surface area contributed by atoms with Gasteiger partial charge < -0.3 is 15.7 Å². The monoisotopic (exact) mass is 484 g/mol. The number of benzene rings is 1. The number of hydrogen-bond acceptors (Lipinski definition) is 4. The molecule has 0 aliphatic rings. The van der Waals surface area contributed by atoms with Crippen molar-refractivity contribution in [1.82, 2.24) is 15.4 Å². The van der Waals surface area contributed by atoms with Crippen molar-refractivity contribution in [1.29, 1.82) is 0 Å². The Kier molecular flexibility index (Phi) is 11.2. The maximum absolute atomic E-state index is 11.4. The smallest absolute Gasteiger partial charge is 0.211 e. The summed E-state index contributed by atoms with van der Waals surface area (Å²) in [6, 6.07) is 9.35. The van der Waals surface area contributed by atoms with E-state index in [0.29, 0.717) is 19.0 Å². The lowest BCUT2D eigenvalue weighted by molar-refractivity contribution is 0.0672. The zero-order chi connectivity index (χ0) is 18.1. The highest BCUT2D eigenvalue weighted by Crippen LogP contribution is 2.20. The van der Waals surface area contributed by atoms with Gasteiger partial charge in [-0.3, -0.25) is 0 Å². The van der Waals surface area contributed by atoms with Gasteiger partial charge in [-0.1, -0.05) is 30.3 Å². The van der Waals surface area contributed by atoms with E-state index in [4.69, 9.17) is 0 Å². The molecule has 9 heteroatoms. The fourth-order valence-corrected chi connectivity index (χ4v) is 2.57. The van der Waals surface area contributed by atoms with Gasteiger partial charge in [0.2, 0.25) is 10.0 Å². The van der Waals surface area contributed by atoms with Gasteiger partial charge in [-0.05, 0) is 26.3 Å². The predicted octanol–water partition coefficient (Wildman–Crippen LogP) is 1.01. The highest BCUT2D eigenvalue weighted by molar-refractivity contribution is 14.0. The first-order valence-corrected chi connectivity index (χ1v) is 9.73. The Morgan fingerprint density at radius 3 is 2.36 bits per heavy atom. The summed E-state index contributed by atoms with van der Waals surface area (Å²) in [4.78, 5) is 4.38. The lowest BCUT2D eigenvalue weighted by Crippen LogP contribution is -2.42. The van der Waals surface area contributed by atoms with Crippen LogP contribution in [0.2, 0.25) is 0 Å². The molecule has 0 aliphatic carbocycles. The van der Waals surface area contributed by atoms with E-state index in [0.717, 1.165) is 5.56 Å². The van der Waals surface area contributed by atoms with E-state index >= 15 is 0 Å². The molecule has 0 aromatic heterocycles. The van der Waals surface area contributed by atoms with Crippen LogP contribution in [0.15, 0.2) is 35.3 Å². The number of nitrogens with zero attached hydrogens (tertiary/aromatic N) is 1. The minimum Gasteiger partial charge on any atom is -0.384 e. The molecule has 0 amide bonds. The van der Waals surface area contributed by atoms with Crippen molar-refractivity contribution in [2.75, 3.05) is 31.9 Å². The highest BCUT2D eigenvalue weighted by Gasteiger charge is 2.22. The molecule has 0 heterocycles. The number of rotatable bonds is 9. The van der Waals surface area contributed by atoms with Crippen molar-refractivity contribution in [2.24, 2.45) is 4.99 Å². The van der Waals surface area contributed by atoms with Crippen molar-refractivity contribution < 1.29 is 13.5 Å². The third kappa shape index (κ3) is 9.38.